The van der Waals surface area contributed by atoms with E-state index in [1.165, 1.54) is 11.0 Å². The molecule has 1 fully saturated rings. The van der Waals surface area contributed by atoms with E-state index in [0.717, 1.165) is 17.7 Å². The fourth-order valence-electron chi connectivity index (χ4n) is 1.99. The molecule has 1 unspecified atom stereocenters. The second-order valence-electron chi connectivity index (χ2n) is 5.05. The van der Waals surface area contributed by atoms with E-state index >= 15 is 0 Å². The summed E-state index contributed by atoms with van der Waals surface area (Å²) in [7, 11) is 0. The molecule has 2 N–H and O–H groups in total. The molecule has 5 heteroatoms. The average molecular weight is 279 g/mol. The van der Waals surface area contributed by atoms with Gasteiger partial charge in [-0.1, -0.05) is 0 Å². The number of aryl methyl sites for hydroxylation is 1. The molecule has 0 saturated heterocycles. The van der Waals surface area contributed by atoms with E-state index in [1.54, 1.807) is 24.3 Å². The van der Waals surface area contributed by atoms with Crippen LogP contribution in [0.2, 0.25) is 0 Å². The molecular formula is C14H17NO3S. The molecule has 1 aliphatic rings. The van der Waals surface area contributed by atoms with Crippen LogP contribution < -0.4 is 5.32 Å². The maximum Gasteiger partial charge on any atom is 0.329 e. The van der Waals surface area contributed by atoms with Crippen molar-refractivity contribution in [3.8, 4) is 0 Å². The van der Waals surface area contributed by atoms with E-state index in [1.807, 2.05) is 19.1 Å². The lowest BCUT2D eigenvalue weighted by molar-refractivity contribution is -0.147. The molecule has 1 amide bonds. The van der Waals surface area contributed by atoms with Gasteiger partial charge in [0.05, 0.1) is 0 Å². The number of hydrogen-bond acceptors (Lipinski definition) is 3. The van der Waals surface area contributed by atoms with Crippen molar-refractivity contribution >= 4 is 29.3 Å². The van der Waals surface area contributed by atoms with Gasteiger partial charge in [0.15, 0.2) is 0 Å². The van der Waals surface area contributed by atoms with E-state index in [-0.39, 0.29) is 11.8 Å². The van der Waals surface area contributed by atoms with E-state index in [0.29, 0.717) is 0 Å². The summed E-state index contributed by atoms with van der Waals surface area (Å²) in [5.41, 5.74) is -1.15. The van der Waals surface area contributed by atoms with Crippen molar-refractivity contribution in [3.05, 3.63) is 28.0 Å². The number of rotatable bonds is 5. The van der Waals surface area contributed by atoms with Gasteiger partial charge in [0, 0.05) is 15.8 Å². The summed E-state index contributed by atoms with van der Waals surface area (Å²) in [6, 6.07) is 3.91. The van der Waals surface area contributed by atoms with Gasteiger partial charge >= 0.3 is 5.97 Å². The molecule has 1 atom stereocenters. The standard InChI is InChI=1S/C14H17NO3S/c1-9-3-6-11(19-9)7-8-12(16)15-14(2,13(17)18)10-4-5-10/h3,6-8,10H,4-5H2,1-2H3,(H,15,16)(H,17,18)/b8-7+. The number of thiophene rings is 1. The number of carbonyl (C=O) groups is 2. The van der Waals surface area contributed by atoms with Gasteiger partial charge in [-0.25, -0.2) is 4.79 Å². The quantitative estimate of drug-likeness (QED) is 0.814. The van der Waals surface area contributed by atoms with Crippen LogP contribution >= 0.6 is 11.3 Å². The zero-order valence-corrected chi connectivity index (χ0v) is 11.8. The minimum atomic E-state index is -1.15. The number of carboxylic acids is 1. The van der Waals surface area contributed by atoms with Crippen LogP contribution in [-0.4, -0.2) is 22.5 Å². The van der Waals surface area contributed by atoms with E-state index in [4.69, 9.17) is 0 Å². The smallest absolute Gasteiger partial charge is 0.329 e. The molecule has 2 rings (SSSR count). The number of amides is 1. The van der Waals surface area contributed by atoms with Gasteiger partial charge in [0.25, 0.3) is 0 Å². The van der Waals surface area contributed by atoms with Crippen LogP contribution in [0, 0.1) is 12.8 Å². The third kappa shape index (κ3) is 3.23. The zero-order valence-electron chi connectivity index (χ0n) is 11.0. The highest BCUT2D eigenvalue weighted by molar-refractivity contribution is 7.12. The number of nitrogens with one attached hydrogen (secondary N) is 1. The molecule has 0 bridgehead atoms. The molecule has 102 valence electrons. The summed E-state index contributed by atoms with van der Waals surface area (Å²) in [6.07, 6.45) is 4.82. The van der Waals surface area contributed by atoms with Crippen molar-refractivity contribution in [2.45, 2.75) is 32.2 Å². The topological polar surface area (TPSA) is 66.4 Å². The summed E-state index contributed by atoms with van der Waals surface area (Å²) in [5, 5.41) is 11.9. The number of carbonyl (C=O) groups excluding carboxylic acids is 1. The Bertz CT molecular complexity index is 531. The fourth-order valence-corrected chi connectivity index (χ4v) is 2.77. The average Bonchev–Trinajstić information content (AvgIpc) is 3.11. The first-order valence-electron chi connectivity index (χ1n) is 6.22. The number of hydrogen-bond donors (Lipinski definition) is 2. The lowest BCUT2D eigenvalue weighted by Gasteiger charge is -2.25. The Morgan fingerprint density at radius 1 is 1.47 bits per heavy atom. The van der Waals surface area contributed by atoms with Gasteiger partial charge in [-0.05, 0) is 50.8 Å². The summed E-state index contributed by atoms with van der Waals surface area (Å²) in [6.45, 7) is 3.57. The Balaban J connectivity index is 2.00. The first kappa shape index (κ1) is 13.8. The molecule has 1 saturated carbocycles. The van der Waals surface area contributed by atoms with E-state index < -0.39 is 11.5 Å². The molecule has 4 nitrogen and oxygen atoms in total. The van der Waals surface area contributed by atoms with Crippen molar-refractivity contribution in [1.82, 2.24) is 5.32 Å². The van der Waals surface area contributed by atoms with Gasteiger partial charge in [0.2, 0.25) is 5.91 Å². The van der Waals surface area contributed by atoms with Crippen LogP contribution in [0.15, 0.2) is 18.2 Å². The molecule has 0 aromatic carbocycles. The molecule has 1 heterocycles. The SMILES string of the molecule is Cc1ccc(/C=C/C(=O)NC(C)(C(=O)O)C2CC2)s1. The maximum atomic E-state index is 11.8. The number of aliphatic carboxylic acids is 1. The lowest BCUT2D eigenvalue weighted by Crippen LogP contribution is -2.53. The third-order valence-corrected chi connectivity index (χ3v) is 4.35. The summed E-state index contributed by atoms with van der Waals surface area (Å²) < 4.78 is 0. The zero-order chi connectivity index (χ0) is 14.0. The third-order valence-electron chi connectivity index (χ3n) is 3.38. The lowest BCUT2D eigenvalue weighted by atomic mass is 9.96. The van der Waals surface area contributed by atoms with Gasteiger partial charge in [-0.15, -0.1) is 11.3 Å². The highest BCUT2D eigenvalue weighted by Crippen LogP contribution is 2.39. The molecule has 0 spiro atoms. The highest BCUT2D eigenvalue weighted by Gasteiger charge is 2.48. The first-order chi connectivity index (χ1) is 8.91. The maximum absolute atomic E-state index is 11.8. The van der Waals surface area contributed by atoms with Crippen LogP contribution in [0.1, 0.15) is 29.5 Å². The van der Waals surface area contributed by atoms with E-state index in [9.17, 15) is 14.7 Å². The Morgan fingerprint density at radius 3 is 2.63 bits per heavy atom. The van der Waals surface area contributed by atoms with Crippen molar-refractivity contribution in [2.24, 2.45) is 5.92 Å². The van der Waals surface area contributed by atoms with E-state index in [2.05, 4.69) is 5.32 Å². The molecule has 0 aliphatic heterocycles. The number of carboxylic acid groups (broad SMARTS) is 1. The van der Waals surface area contributed by atoms with Gasteiger partial charge in [0.1, 0.15) is 5.54 Å². The van der Waals surface area contributed by atoms with Crippen LogP contribution in [0.4, 0.5) is 0 Å². The predicted octanol–water partition coefficient (Wildman–Crippen LogP) is 2.44. The summed E-state index contributed by atoms with van der Waals surface area (Å²) in [4.78, 5) is 25.3. The molecule has 1 aromatic rings. The van der Waals surface area contributed by atoms with Gasteiger partial charge < -0.3 is 10.4 Å². The van der Waals surface area contributed by atoms with Crippen LogP contribution in [0.25, 0.3) is 6.08 Å². The van der Waals surface area contributed by atoms with Crippen LogP contribution in [-0.2, 0) is 9.59 Å². The second-order valence-corrected chi connectivity index (χ2v) is 6.37. The van der Waals surface area contributed by atoms with Crippen molar-refractivity contribution in [3.63, 3.8) is 0 Å². The molecule has 1 aromatic heterocycles. The minimum absolute atomic E-state index is 0.0475. The monoisotopic (exact) mass is 279 g/mol. The Labute approximate surface area is 116 Å². The van der Waals surface area contributed by atoms with Gasteiger partial charge in [-0.2, -0.15) is 0 Å². The summed E-state index contributed by atoms with van der Waals surface area (Å²) >= 11 is 1.59. The minimum Gasteiger partial charge on any atom is -0.480 e. The molecular weight excluding hydrogens is 262 g/mol. The first-order valence-corrected chi connectivity index (χ1v) is 7.03. The van der Waals surface area contributed by atoms with Crippen molar-refractivity contribution < 1.29 is 14.7 Å². The molecule has 1 aliphatic carbocycles. The predicted molar refractivity (Wildman–Crippen MR) is 75.0 cm³/mol. The van der Waals surface area contributed by atoms with Crippen molar-refractivity contribution in [2.75, 3.05) is 0 Å². The Hall–Kier alpha value is -1.62. The van der Waals surface area contributed by atoms with Crippen LogP contribution in [0.5, 0.6) is 0 Å². The fraction of sp³-hybridized carbons (Fsp3) is 0.429. The summed E-state index contributed by atoms with van der Waals surface area (Å²) in [5.74, 6) is -1.28. The Kier molecular flexibility index (Phi) is 3.75. The molecule has 0 radical (unpaired) electrons. The normalized spacial score (nSPS) is 18.2. The largest absolute Gasteiger partial charge is 0.480 e. The second kappa shape index (κ2) is 5.17. The van der Waals surface area contributed by atoms with Gasteiger partial charge in [-0.3, -0.25) is 4.79 Å². The van der Waals surface area contributed by atoms with Crippen LogP contribution in [0.3, 0.4) is 0 Å². The molecule has 19 heavy (non-hydrogen) atoms. The van der Waals surface area contributed by atoms with Crippen molar-refractivity contribution in [1.29, 1.82) is 0 Å². The Morgan fingerprint density at radius 2 is 2.16 bits per heavy atom. The highest BCUT2D eigenvalue weighted by atomic mass is 32.1.